The number of aromatic nitrogens is 3. The molecule has 0 atom stereocenters. The molecule has 0 aliphatic heterocycles. The van der Waals surface area contributed by atoms with E-state index >= 15 is 0 Å². The molecule has 130 valence electrons. The van der Waals surface area contributed by atoms with Crippen molar-refractivity contribution in [2.45, 2.75) is 12.1 Å². The van der Waals surface area contributed by atoms with Crippen LogP contribution in [0.1, 0.15) is 5.56 Å². The van der Waals surface area contributed by atoms with Crippen LogP contribution in [0.15, 0.2) is 59.8 Å². The number of anilines is 1. The number of rotatable bonds is 4. The summed E-state index contributed by atoms with van der Waals surface area (Å²) in [6.45, 7) is 1.91. The number of pyridine rings is 1. The van der Waals surface area contributed by atoms with Gasteiger partial charge in [0.05, 0.1) is 11.3 Å². The maximum Gasteiger partial charge on any atom is 0.234 e. The summed E-state index contributed by atoms with van der Waals surface area (Å²) in [6, 6.07) is 17.4. The fraction of sp³-hybridized carbons (Fsp3) is 0.105. The van der Waals surface area contributed by atoms with Crippen LogP contribution in [0.3, 0.4) is 0 Å². The van der Waals surface area contributed by atoms with E-state index in [2.05, 4.69) is 15.5 Å². The number of amides is 1. The zero-order valence-corrected chi connectivity index (χ0v) is 15.5. The number of para-hydroxylation sites is 1. The van der Waals surface area contributed by atoms with Gasteiger partial charge in [0, 0.05) is 10.7 Å². The molecule has 1 amide bonds. The lowest BCUT2D eigenvalue weighted by molar-refractivity contribution is -0.113. The van der Waals surface area contributed by atoms with Crippen LogP contribution < -0.4 is 5.32 Å². The number of thioether (sulfide) groups is 1. The van der Waals surface area contributed by atoms with Crippen LogP contribution in [-0.4, -0.2) is 26.3 Å². The first-order chi connectivity index (χ1) is 12.6. The van der Waals surface area contributed by atoms with E-state index in [1.807, 2.05) is 53.8 Å². The molecule has 0 bridgehead atoms. The molecular weight excluding hydrogens is 368 g/mol. The minimum atomic E-state index is -0.0996. The Morgan fingerprint density at radius 1 is 1.15 bits per heavy atom. The van der Waals surface area contributed by atoms with Crippen molar-refractivity contribution >= 4 is 51.5 Å². The third-order valence-corrected chi connectivity index (χ3v) is 5.21. The number of halogens is 1. The highest BCUT2D eigenvalue weighted by Gasteiger charge is 2.12. The molecular formula is C19H15ClN4OS. The normalized spacial score (nSPS) is 11.2. The predicted octanol–water partition coefficient (Wildman–Crippen LogP) is 4.58. The molecule has 7 heteroatoms. The van der Waals surface area contributed by atoms with Crippen molar-refractivity contribution in [1.82, 2.24) is 14.6 Å². The number of aryl methyl sites for hydroxylation is 1. The third kappa shape index (κ3) is 3.25. The van der Waals surface area contributed by atoms with E-state index in [0.29, 0.717) is 10.2 Å². The van der Waals surface area contributed by atoms with Crippen LogP contribution >= 0.6 is 23.4 Å². The second-order valence-corrected chi connectivity index (χ2v) is 7.24. The highest BCUT2D eigenvalue weighted by molar-refractivity contribution is 7.99. The number of nitrogens with zero attached hydrogens (tertiary/aromatic N) is 3. The molecule has 5 nitrogen and oxygen atoms in total. The molecule has 0 aliphatic rings. The lowest BCUT2D eigenvalue weighted by Gasteiger charge is -2.08. The minimum absolute atomic E-state index is 0.0996. The number of fused-ring (bicyclic) bond motifs is 3. The Kier molecular flexibility index (Phi) is 4.53. The van der Waals surface area contributed by atoms with Crippen molar-refractivity contribution in [2.24, 2.45) is 0 Å². The van der Waals surface area contributed by atoms with Gasteiger partial charge in [-0.1, -0.05) is 41.6 Å². The first kappa shape index (κ1) is 16.9. The van der Waals surface area contributed by atoms with Crippen molar-refractivity contribution in [3.63, 3.8) is 0 Å². The van der Waals surface area contributed by atoms with Gasteiger partial charge in [0.25, 0.3) is 0 Å². The van der Waals surface area contributed by atoms with Gasteiger partial charge in [-0.3, -0.25) is 9.20 Å². The summed E-state index contributed by atoms with van der Waals surface area (Å²) < 4.78 is 1.97. The van der Waals surface area contributed by atoms with Gasteiger partial charge in [-0.15, -0.1) is 10.2 Å². The highest BCUT2D eigenvalue weighted by Crippen LogP contribution is 2.24. The molecule has 0 radical (unpaired) electrons. The maximum absolute atomic E-state index is 12.3. The first-order valence-corrected chi connectivity index (χ1v) is 9.40. The topological polar surface area (TPSA) is 59.3 Å². The number of carbonyl (C=O) groups is 1. The number of nitrogens with one attached hydrogen (secondary N) is 1. The van der Waals surface area contributed by atoms with Crippen molar-refractivity contribution < 1.29 is 4.79 Å². The Bertz CT molecular complexity index is 1130. The van der Waals surface area contributed by atoms with Gasteiger partial charge in [-0.25, -0.2) is 0 Å². The molecule has 1 N–H and O–H groups in total. The summed E-state index contributed by atoms with van der Waals surface area (Å²) in [7, 11) is 0. The smallest absolute Gasteiger partial charge is 0.234 e. The summed E-state index contributed by atoms with van der Waals surface area (Å²) in [5, 5.41) is 13.8. The highest BCUT2D eigenvalue weighted by atomic mass is 35.5. The molecule has 0 saturated carbocycles. The molecule has 2 heterocycles. The molecule has 2 aromatic carbocycles. The molecule has 2 aromatic heterocycles. The van der Waals surface area contributed by atoms with E-state index in [1.165, 1.54) is 11.8 Å². The van der Waals surface area contributed by atoms with Crippen LogP contribution in [0.4, 0.5) is 5.69 Å². The fourth-order valence-corrected chi connectivity index (χ4v) is 3.77. The van der Waals surface area contributed by atoms with Crippen LogP contribution in [0.25, 0.3) is 16.6 Å². The van der Waals surface area contributed by atoms with E-state index in [0.717, 1.165) is 27.8 Å². The first-order valence-electron chi connectivity index (χ1n) is 8.03. The minimum Gasteiger partial charge on any atom is -0.325 e. The lowest BCUT2D eigenvalue weighted by atomic mass is 10.2. The molecule has 0 saturated heterocycles. The Morgan fingerprint density at radius 2 is 2.00 bits per heavy atom. The summed E-state index contributed by atoms with van der Waals surface area (Å²) in [4.78, 5) is 12.3. The van der Waals surface area contributed by atoms with Gasteiger partial charge in [0.1, 0.15) is 0 Å². The quantitative estimate of drug-likeness (QED) is 0.525. The van der Waals surface area contributed by atoms with Crippen LogP contribution in [0.2, 0.25) is 5.02 Å². The summed E-state index contributed by atoms with van der Waals surface area (Å²) in [5.74, 6) is 0.143. The molecule has 4 aromatic rings. The van der Waals surface area contributed by atoms with Gasteiger partial charge in [0.2, 0.25) is 5.91 Å². The van der Waals surface area contributed by atoms with Crippen LogP contribution in [0, 0.1) is 6.92 Å². The van der Waals surface area contributed by atoms with Crippen molar-refractivity contribution in [1.29, 1.82) is 0 Å². The number of hydrogen-bond donors (Lipinski definition) is 1. The molecule has 0 spiro atoms. The molecule has 26 heavy (non-hydrogen) atoms. The largest absolute Gasteiger partial charge is 0.325 e. The molecule has 0 fully saturated rings. The second-order valence-electron chi connectivity index (χ2n) is 5.86. The Balaban J connectivity index is 1.54. The van der Waals surface area contributed by atoms with Crippen molar-refractivity contribution in [3.05, 3.63) is 65.2 Å². The predicted molar refractivity (Wildman–Crippen MR) is 106 cm³/mol. The summed E-state index contributed by atoms with van der Waals surface area (Å²) >= 11 is 7.31. The van der Waals surface area contributed by atoms with E-state index in [-0.39, 0.29) is 11.7 Å². The van der Waals surface area contributed by atoms with Gasteiger partial charge < -0.3 is 5.32 Å². The molecule has 0 unspecified atom stereocenters. The maximum atomic E-state index is 12.3. The Hall–Kier alpha value is -2.57. The zero-order chi connectivity index (χ0) is 18.1. The average Bonchev–Trinajstić information content (AvgIpc) is 3.06. The van der Waals surface area contributed by atoms with Gasteiger partial charge >= 0.3 is 0 Å². The van der Waals surface area contributed by atoms with Crippen molar-refractivity contribution in [3.8, 4) is 0 Å². The zero-order valence-electron chi connectivity index (χ0n) is 13.9. The number of benzene rings is 2. The van der Waals surface area contributed by atoms with E-state index < -0.39 is 0 Å². The number of carbonyl (C=O) groups excluding carboxylic acids is 1. The van der Waals surface area contributed by atoms with E-state index in [1.54, 1.807) is 12.1 Å². The Labute approximate surface area is 159 Å². The Morgan fingerprint density at radius 3 is 2.85 bits per heavy atom. The van der Waals surface area contributed by atoms with Gasteiger partial charge in [0.15, 0.2) is 10.8 Å². The van der Waals surface area contributed by atoms with Gasteiger partial charge in [-0.2, -0.15) is 0 Å². The SMILES string of the molecule is Cc1cc(Cl)ccc1NC(=O)CSc1nnc2ccc3ccccc3n12. The van der Waals surface area contributed by atoms with Crippen LogP contribution in [-0.2, 0) is 4.79 Å². The lowest BCUT2D eigenvalue weighted by Crippen LogP contribution is -2.15. The fourth-order valence-electron chi connectivity index (χ4n) is 2.79. The standard InChI is InChI=1S/C19H15ClN4OS/c1-12-10-14(20)7-8-15(12)21-18(25)11-26-19-23-22-17-9-6-13-4-2-3-5-16(13)24(17)19/h2-10H,11H2,1H3,(H,21,25). The third-order valence-electron chi connectivity index (χ3n) is 4.04. The monoisotopic (exact) mass is 382 g/mol. The average molecular weight is 383 g/mol. The van der Waals surface area contributed by atoms with E-state index in [9.17, 15) is 4.79 Å². The molecule has 4 rings (SSSR count). The summed E-state index contributed by atoms with van der Waals surface area (Å²) in [6.07, 6.45) is 0. The number of hydrogen-bond acceptors (Lipinski definition) is 4. The van der Waals surface area contributed by atoms with Crippen LogP contribution in [0.5, 0.6) is 0 Å². The van der Waals surface area contributed by atoms with E-state index in [4.69, 9.17) is 11.6 Å². The van der Waals surface area contributed by atoms with Crippen molar-refractivity contribution in [2.75, 3.05) is 11.1 Å². The summed E-state index contributed by atoms with van der Waals surface area (Å²) in [5.41, 5.74) is 3.47. The molecule has 0 aliphatic carbocycles. The van der Waals surface area contributed by atoms with Gasteiger partial charge in [-0.05, 0) is 54.3 Å². The second kappa shape index (κ2) is 6.97.